The van der Waals surface area contributed by atoms with E-state index >= 15 is 0 Å². The lowest BCUT2D eigenvalue weighted by molar-refractivity contribution is -0.136. The average molecular weight is 473 g/mol. The van der Waals surface area contributed by atoms with E-state index in [-0.39, 0.29) is 0 Å². The highest BCUT2D eigenvalue weighted by atomic mass is 35.5. The Morgan fingerprint density at radius 3 is 1.79 bits per heavy atom. The standard InChI is InChI=1S/C27H21ClN2O2S/c28-23-13-17-25(18-14-23)33-24-15-11-20(12-16-24)19-29-30-26(31)27(32,21-7-3-1-4-8-21)22-9-5-2-6-10-22/h1-19,32H,(H,30,31)/b29-19-. The van der Waals surface area contributed by atoms with Crippen LogP contribution < -0.4 is 5.43 Å². The first kappa shape index (κ1) is 22.8. The van der Waals surface area contributed by atoms with E-state index in [4.69, 9.17) is 11.6 Å². The molecule has 4 rings (SSSR count). The Labute approximate surface area is 201 Å². The van der Waals surface area contributed by atoms with E-state index < -0.39 is 11.5 Å². The molecule has 0 saturated heterocycles. The summed E-state index contributed by atoms with van der Waals surface area (Å²) < 4.78 is 0. The third-order valence-electron chi connectivity index (χ3n) is 5.02. The summed E-state index contributed by atoms with van der Waals surface area (Å²) >= 11 is 7.56. The van der Waals surface area contributed by atoms with Crippen molar-refractivity contribution in [3.05, 3.63) is 131 Å². The zero-order valence-corrected chi connectivity index (χ0v) is 19.1. The lowest BCUT2D eigenvalue weighted by Gasteiger charge is -2.27. The van der Waals surface area contributed by atoms with Crippen molar-refractivity contribution in [3.63, 3.8) is 0 Å². The summed E-state index contributed by atoms with van der Waals surface area (Å²) in [7, 11) is 0. The molecular formula is C27H21ClN2O2S. The number of aliphatic hydroxyl groups is 1. The molecule has 2 N–H and O–H groups in total. The van der Waals surface area contributed by atoms with Gasteiger partial charge in [-0.05, 0) is 53.1 Å². The SMILES string of the molecule is O=C(N/N=C\c1ccc(Sc2ccc(Cl)cc2)cc1)C(O)(c1ccccc1)c1ccccc1. The quantitative estimate of drug-likeness (QED) is 0.261. The largest absolute Gasteiger partial charge is 0.372 e. The van der Waals surface area contributed by atoms with Crippen LogP contribution >= 0.6 is 23.4 Å². The summed E-state index contributed by atoms with van der Waals surface area (Å²) in [6.07, 6.45) is 1.55. The molecule has 164 valence electrons. The molecule has 0 aliphatic rings. The number of hydrogen-bond acceptors (Lipinski definition) is 4. The number of hydrogen-bond donors (Lipinski definition) is 2. The Bertz CT molecular complexity index is 1190. The van der Waals surface area contributed by atoms with Crippen LogP contribution in [0.2, 0.25) is 5.02 Å². The highest BCUT2D eigenvalue weighted by Gasteiger charge is 2.39. The fourth-order valence-electron chi connectivity index (χ4n) is 3.29. The Hall–Kier alpha value is -3.38. The number of carbonyl (C=O) groups excluding carboxylic acids is 1. The van der Waals surface area contributed by atoms with Crippen molar-refractivity contribution in [2.24, 2.45) is 5.10 Å². The van der Waals surface area contributed by atoms with Crippen LogP contribution in [0.25, 0.3) is 0 Å². The van der Waals surface area contributed by atoms with E-state index in [1.807, 2.05) is 60.7 Å². The molecule has 6 heteroatoms. The minimum absolute atomic E-state index is 0.465. The molecule has 4 aromatic carbocycles. The maximum atomic E-state index is 13.0. The molecule has 0 radical (unpaired) electrons. The van der Waals surface area contributed by atoms with Gasteiger partial charge in [-0.25, -0.2) is 5.43 Å². The Kier molecular flexibility index (Phi) is 7.25. The number of carbonyl (C=O) groups is 1. The maximum Gasteiger partial charge on any atom is 0.281 e. The zero-order valence-electron chi connectivity index (χ0n) is 17.6. The predicted octanol–water partition coefficient (Wildman–Crippen LogP) is 5.88. The molecule has 4 aromatic rings. The van der Waals surface area contributed by atoms with Gasteiger partial charge in [-0.3, -0.25) is 4.79 Å². The van der Waals surface area contributed by atoms with E-state index in [9.17, 15) is 9.90 Å². The van der Waals surface area contributed by atoms with Crippen molar-refractivity contribution in [3.8, 4) is 0 Å². The summed E-state index contributed by atoms with van der Waals surface area (Å²) in [6, 6.07) is 33.1. The van der Waals surface area contributed by atoms with Gasteiger partial charge in [0.2, 0.25) is 0 Å². The van der Waals surface area contributed by atoms with Crippen molar-refractivity contribution >= 4 is 35.5 Å². The zero-order chi connectivity index (χ0) is 23.1. The summed E-state index contributed by atoms with van der Waals surface area (Å²) in [5.41, 5.74) is 2.38. The first-order valence-electron chi connectivity index (χ1n) is 10.3. The molecule has 0 unspecified atom stereocenters. The minimum atomic E-state index is -1.86. The van der Waals surface area contributed by atoms with Crippen LogP contribution in [0.4, 0.5) is 0 Å². The number of halogens is 1. The normalized spacial score (nSPS) is 11.5. The molecule has 0 aromatic heterocycles. The molecule has 0 bridgehead atoms. The van der Waals surface area contributed by atoms with Crippen molar-refractivity contribution < 1.29 is 9.90 Å². The van der Waals surface area contributed by atoms with Crippen LogP contribution in [-0.2, 0) is 10.4 Å². The van der Waals surface area contributed by atoms with E-state index in [0.717, 1.165) is 15.4 Å². The van der Waals surface area contributed by atoms with Gasteiger partial charge in [0, 0.05) is 14.8 Å². The first-order chi connectivity index (χ1) is 16.1. The number of benzene rings is 4. The first-order valence-corrected chi connectivity index (χ1v) is 11.5. The molecule has 33 heavy (non-hydrogen) atoms. The molecule has 0 heterocycles. The van der Waals surface area contributed by atoms with Crippen LogP contribution in [0.3, 0.4) is 0 Å². The fraction of sp³-hybridized carbons (Fsp3) is 0.0370. The van der Waals surface area contributed by atoms with Crippen LogP contribution in [0.1, 0.15) is 16.7 Å². The topological polar surface area (TPSA) is 61.7 Å². The summed E-state index contributed by atoms with van der Waals surface area (Å²) in [4.78, 5) is 15.2. The summed E-state index contributed by atoms with van der Waals surface area (Å²) in [5, 5.41) is 16.2. The second kappa shape index (κ2) is 10.5. The van der Waals surface area contributed by atoms with Crippen molar-refractivity contribution in [1.82, 2.24) is 5.43 Å². The Morgan fingerprint density at radius 1 is 0.788 bits per heavy atom. The smallest absolute Gasteiger partial charge is 0.281 e. The van der Waals surface area contributed by atoms with Gasteiger partial charge in [0.15, 0.2) is 5.60 Å². The molecule has 0 fully saturated rings. The van der Waals surface area contributed by atoms with Gasteiger partial charge in [-0.15, -0.1) is 0 Å². The van der Waals surface area contributed by atoms with Crippen LogP contribution in [0, 0.1) is 0 Å². The van der Waals surface area contributed by atoms with E-state index in [2.05, 4.69) is 10.5 Å². The second-order valence-electron chi connectivity index (χ2n) is 7.27. The molecule has 4 nitrogen and oxygen atoms in total. The molecular weight excluding hydrogens is 452 g/mol. The number of nitrogens with one attached hydrogen (secondary N) is 1. The highest BCUT2D eigenvalue weighted by molar-refractivity contribution is 7.99. The van der Waals surface area contributed by atoms with Gasteiger partial charge in [0.05, 0.1) is 6.21 Å². The van der Waals surface area contributed by atoms with E-state index in [1.165, 1.54) is 0 Å². The van der Waals surface area contributed by atoms with Crippen LogP contribution in [0.15, 0.2) is 124 Å². The third-order valence-corrected chi connectivity index (χ3v) is 6.29. The maximum absolute atomic E-state index is 13.0. The monoisotopic (exact) mass is 472 g/mol. The average Bonchev–Trinajstić information content (AvgIpc) is 2.87. The van der Waals surface area contributed by atoms with E-state index in [1.54, 1.807) is 66.5 Å². The van der Waals surface area contributed by atoms with Gasteiger partial charge in [0.1, 0.15) is 0 Å². The third kappa shape index (κ3) is 5.52. The molecule has 0 saturated carbocycles. The molecule has 0 spiro atoms. The molecule has 0 aliphatic carbocycles. The predicted molar refractivity (Wildman–Crippen MR) is 134 cm³/mol. The van der Waals surface area contributed by atoms with Crippen molar-refractivity contribution in [2.45, 2.75) is 15.4 Å². The van der Waals surface area contributed by atoms with Gasteiger partial charge < -0.3 is 5.11 Å². The van der Waals surface area contributed by atoms with Crippen LogP contribution in [0.5, 0.6) is 0 Å². The Balaban J connectivity index is 1.46. The fourth-order valence-corrected chi connectivity index (χ4v) is 4.24. The molecule has 1 amide bonds. The van der Waals surface area contributed by atoms with E-state index in [0.29, 0.717) is 16.1 Å². The number of hydrazone groups is 1. The summed E-state index contributed by atoms with van der Waals surface area (Å²) in [6.45, 7) is 0. The van der Waals surface area contributed by atoms with Gasteiger partial charge >= 0.3 is 0 Å². The van der Waals surface area contributed by atoms with Gasteiger partial charge in [0.25, 0.3) is 5.91 Å². The molecule has 0 atom stereocenters. The second-order valence-corrected chi connectivity index (χ2v) is 8.85. The minimum Gasteiger partial charge on any atom is -0.372 e. The van der Waals surface area contributed by atoms with Gasteiger partial charge in [-0.2, -0.15) is 5.10 Å². The van der Waals surface area contributed by atoms with Crippen molar-refractivity contribution in [2.75, 3.05) is 0 Å². The Morgan fingerprint density at radius 2 is 1.27 bits per heavy atom. The van der Waals surface area contributed by atoms with Gasteiger partial charge in [-0.1, -0.05) is 96.2 Å². The number of rotatable bonds is 7. The van der Waals surface area contributed by atoms with Crippen LogP contribution in [-0.4, -0.2) is 17.2 Å². The highest BCUT2D eigenvalue weighted by Crippen LogP contribution is 2.30. The molecule has 0 aliphatic heterocycles. The lowest BCUT2D eigenvalue weighted by Crippen LogP contribution is -2.43. The number of nitrogens with zero attached hydrogens (tertiary/aromatic N) is 1. The van der Waals surface area contributed by atoms with Crippen molar-refractivity contribution in [1.29, 1.82) is 0 Å². The number of amides is 1. The lowest BCUT2D eigenvalue weighted by atomic mass is 9.85. The summed E-state index contributed by atoms with van der Waals surface area (Å²) in [5.74, 6) is -0.633.